The van der Waals surface area contributed by atoms with Crippen molar-refractivity contribution in [2.75, 3.05) is 19.6 Å². The van der Waals surface area contributed by atoms with Gasteiger partial charge in [0.25, 0.3) is 0 Å². The normalized spacial score (nSPS) is 20.9. The van der Waals surface area contributed by atoms with Gasteiger partial charge in [-0.3, -0.25) is 9.88 Å². The lowest BCUT2D eigenvalue weighted by Gasteiger charge is -2.42. The molecule has 0 bridgehead atoms. The first-order chi connectivity index (χ1) is 7.58. The van der Waals surface area contributed by atoms with Crippen molar-refractivity contribution in [2.24, 2.45) is 0 Å². The van der Waals surface area contributed by atoms with E-state index >= 15 is 0 Å². The number of hydrogen-bond donors (Lipinski definition) is 1. The predicted octanol–water partition coefficient (Wildman–Crippen LogP) is 1.57. The second-order valence-corrected chi connectivity index (χ2v) is 5.22. The first-order valence-electron chi connectivity index (χ1n) is 5.95. The molecule has 0 aliphatic carbocycles. The lowest BCUT2D eigenvalue weighted by molar-refractivity contribution is 0.0826. The summed E-state index contributed by atoms with van der Waals surface area (Å²) in [5.41, 5.74) is 2.63. The number of aromatic nitrogens is 1. The number of piperazine rings is 1. The van der Waals surface area contributed by atoms with Crippen LogP contribution in [0.1, 0.15) is 25.1 Å². The van der Waals surface area contributed by atoms with Crippen molar-refractivity contribution in [1.82, 2.24) is 15.2 Å². The van der Waals surface area contributed by atoms with Crippen LogP contribution in [-0.4, -0.2) is 35.1 Å². The molecule has 0 aromatic carbocycles. The van der Waals surface area contributed by atoms with Gasteiger partial charge in [0, 0.05) is 43.6 Å². The van der Waals surface area contributed by atoms with Crippen molar-refractivity contribution in [3.05, 3.63) is 29.6 Å². The Bertz CT molecular complexity index is 343. The van der Waals surface area contributed by atoms with Crippen LogP contribution >= 0.6 is 0 Å². The van der Waals surface area contributed by atoms with Gasteiger partial charge in [-0.2, -0.15) is 0 Å². The summed E-state index contributed by atoms with van der Waals surface area (Å²) in [5.74, 6) is 0. The molecule has 1 N–H and O–H groups in total. The molecule has 1 saturated heterocycles. The van der Waals surface area contributed by atoms with Crippen LogP contribution in [0.5, 0.6) is 0 Å². The van der Waals surface area contributed by atoms with Crippen molar-refractivity contribution in [1.29, 1.82) is 0 Å². The summed E-state index contributed by atoms with van der Waals surface area (Å²) < 4.78 is 0. The van der Waals surface area contributed by atoms with E-state index in [1.807, 2.05) is 13.1 Å². The fourth-order valence-electron chi connectivity index (χ4n) is 2.13. The molecular weight excluding hydrogens is 198 g/mol. The molecule has 1 aliphatic rings. The van der Waals surface area contributed by atoms with Crippen molar-refractivity contribution < 1.29 is 0 Å². The standard InChI is InChI=1S/C13H21N3/c1-11-4-5-12(8-15-11)9-16-7-6-14-10-13(16,2)3/h4-5,8,14H,6-7,9-10H2,1-3H3. The topological polar surface area (TPSA) is 28.2 Å². The van der Waals surface area contributed by atoms with Crippen LogP contribution in [0.25, 0.3) is 0 Å². The molecule has 1 aromatic heterocycles. The van der Waals surface area contributed by atoms with Crippen LogP contribution in [-0.2, 0) is 6.54 Å². The molecule has 0 amide bonds. The summed E-state index contributed by atoms with van der Waals surface area (Å²) in [6.07, 6.45) is 1.99. The Morgan fingerprint density at radius 1 is 1.44 bits per heavy atom. The van der Waals surface area contributed by atoms with Crippen LogP contribution in [0.15, 0.2) is 18.3 Å². The molecule has 0 spiro atoms. The van der Waals surface area contributed by atoms with Gasteiger partial charge in [0.15, 0.2) is 0 Å². The van der Waals surface area contributed by atoms with Crippen LogP contribution in [0.2, 0.25) is 0 Å². The summed E-state index contributed by atoms with van der Waals surface area (Å²) in [7, 11) is 0. The molecule has 3 heteroatoms. The Hall–Kier alpha value is -0.930. The molecule has 88 valence electrons. The van der Waals surface area contributed by atoms with E-state index in [0.29, 0.717) is 0 Å². The lowest BCUT2D eigenvalue weighted by atomic mass is 9.99. The first kappa shape index (κ1) is 11.6. The second-order valence-electron chi connectivity index (χ2n) is 5.22. The highest BCUT2D eigenvalue weighted by molar-refractivity contribution is 5.13. The number of rotatable bonds is 2. The van der Waals surface area contributed by atoms with Crippen LogP contribution in [0.3, 0.4) is 0 Å². The number of pyridine rings is 1. The Morgan fingerprint density at radius 3 is 2.88 bits per heavy atom. The fraction of sp³-hybridized carbons (Fsp3) is 0.615. The molecule has 1 aromatic rings. The van der Waals surface area contributed by atoms with Gasteiger partial charge in [0.1, 0.15) is 0 Å². The molecule has 0 atom stereocenters. The van der Waals surface area contributed by atoms with E-state index in [9.17, 15) is 0 Å². The molecule has 2 rings (SSSR count). The van der Waals surface area contributed by atoms with Gasteiger partial charge in [0.2, 0.25) is 0 Å². The highest BCUT2D eigenvalue weighted by Crippen LogP contribution is 2.19. The van der Waals surface area contributed by atoms with E-state index in [1.165, 1.54) is 5.56 Å². The predicted molar refractivity (Wildman–Crippen MR) is 66.3 cm³/mol. The zero-order chi connectivity index (χ0) is 11.6. The van der Waals surface area contributed by atoms with Gasteiger partial charge >= 0.3 is 0 Å². The molecule has 0 saturated carbocycles. The Kier molecular flexibility index (Phi) is 3.26. The maximum absolute atomic E-state index is 4.35. The summed E-state index contributed by atoms with van der Waals surface area (Å²) >= 11 is 0. The quantitative estimate of drug-likeness (QED) is 0.818. The second kappa shape index (κ2) is 4.52. The average Bonchev–Trinajstić information content (AvgIpc) is 2.24. The minimum Gasteiger partial charge on any atom is -0.314 e. The van der Waals surface area contributed by atoms with Gasteiger partial charge < -0.3 is 5.32 Å². The Morgan fingerprint density at radius 2 is 2.25 bits per heavy atom. The molecule has 0 radical (unpaired) electrons. The maximum atomic E-state index is 4.35. The van der Waals surface area contributed by atoms with Crippen molar-refractivity contribution >= 4 is 0 Å². The molecule has 3 nitrogen and oxygen atoms in total. The lowest BCUT2D eigenvalue weighted by Crippen LogP contribution is -2.57. The first-order valence-corrected chi connectivity index (χ1v) is 5.95. The van der Waals surface area contributed by atoms with Crippen LogP contribution in [0.4, 0.5) is 0 Å². The SMILES string of the molecule is Cc1ccc(CN2CCNCC2(C)C)cn1. The van der Waals surface area contributed by atoms with Gasteiger partial charge in [-0.25, -0.2) is 0 Å². The zero-order valence-electron chi connectivity index (χ0n) is 10.5. The number of hydrogen-bond acceptors (Lipinski definition) is 3. The third kappa shape index (κ3) is 2.60. The van der Waals surface area contributed by atoms with Gasteiger partial charge in [0.05, 0.1) is 0 Å². The van der Waals surface area contributed by atoms with Crippen LogP contribution < -0.4 is 5.32 Å². The number of aryl methyl sites for hydroxylation is 1. The largest absolute Gasteiger partial charge is 0.314 e. The molecule has 0 unspecified atom stereocenters. The fourth-order valence-corrected chi connectivity index (χ4v) is 2.13. The monoisotopic (exact) mass is 219 g/mol. The van der Waals surface area contributed by atoms with Crippen molar-refractivity contribution in [3.63, 3.8) is 0 Å². The summed E-state index contributed by atoms with van der Waals surface area (Å²) in [6, 6.07) is 4.27. The minimum absolute atomic E-state index is 0.239. The highest BCUT2D eigenvalue weighted by Gasteiger charge is 2.29. The minimum atomic E-state index is 0.239. The van der Waals surface area contributed by atoms with E-state index < -0.39 is 0 Å². The number of nitrogens with one attached hydrogen (secondary N) is 1. The van der Waals surface area contributed by atoms with Gasteiger partial charge in [-0.05, 0) is 32.4 Å². The van der Waals surface area contributed by atoms with Crippen LogP contribution in [0, 0.1) is 6.92 Å². The van der Waals surface area contributed by atoms with Crippen molar-refractivity contribution in [3.8, 4) is 0 Å². The highest BCUT2D eigenvalue weighted by atomic mass is 15.2. The summed E-state index contributed by atoms with van der Waals surface area (Å²) in [6.45, 7) is 10.9. The van der Waals surface area contributed by atoms with E-state index in [0.717, 1.165) is 31.9 Å². The number of nitrogens with zero attached hydrogens (tertiary/aromatic N) is 2. The summed E-state index contributed by atoms with van der Waals surface area (Å²) in [5, 5.41) is 3.44. The van der Waals surface area contributed by atoms with E-state index in [-0.39, 0.29) is 5.54 Å². The van der Waals surface area contributed by atoms with Gasteiger partial charge in [-0.15, -0.1) is 0 Å². The average molecular weight is 219 g/mol. The van der Waals surface area contributed by atoms with E-state index in [1.54, 1.807) is 0 Å². The smallest absolute Gasteiger partial charge is 0.0372 e. The van der Waals surface area contributed by atoms with Crippen molar-refractivity contribution in [2.45, 2.75) is 32.9 Å². The third-order valence-corrected chi connectivity index (χ3v) is 3.32. The summed E-state index contributed by atoms with van der Waals surface area (Å²) in [4.78, 5) is 6.87. The third-order valence-electron chi connectivity index (χ3n) is 3.32. The van der Waals surface area contributed by atoms with E-state index in [2.05, 4.69) is 41.2 Å². The maximum Gasteiger partial charge on any atom is 0.0372 e. The molecule has 1 aliphatic heterocycles. The Labute approximate surface area is 97.9 Å². The van der Waals surface area contributed by atoms with Gasteiger partial charge in [-0.1, -0.05) is 6.07 Å². The molecule has 16 heavy (non-hydrogen) atoms. The molecule has 1 fully saturated rings. The van der Waals surface area contributed by atoms with E-state index in [4.69, 9.17) is 0 Å². The molecule has 2 heterocycles. The molecular formula is C13H21N3. The zero-order valence-corrected chi connectivity index (χ0v) is 10.5. The Balaban J connectivity index is 2.05.